The van der Waals surface area contributed by atoms with E-state index < -0.39 is 0 Å². The molecule has 0 aliphatic heterocycles. The van der Waals surface area contributed by atoms with Crippen LogP contribution in [-0.2, 0) is 0 Å². The standard InChI is InChI=1S/C12H14BrF/c13-12-7-6-10(14)8-11(12)9-4-2-1-3-5-9/h6-9H,1-5H2. The second-order valence-corrected chi connectivity index (χ2v) is 4.86. The molecule has 0 atom stereocenters. The van der Waals surface area contributed by atoms with E-state index in [0.717, 1.165) is 10.0 Å². The fourth-order valence-corrected chi connectivity index (χ4v) is 2.81. The first kappa shape index (κ1) is 10.2. The van der Waals surface area contributed by atoms with Crippen LogP contribution in [0.3, 0.4) is 0 Å². The molecule has 0 N–H and O–H groups in total. The van der Waals surface area contributed by atoms with Crippen LogP contribution in [-0.4, -0.2) is 0 Å². The molecule has 1 aromatic carbocycles. The fraction of sp³-hybridized carbons (Fsp3) is 0.500. The summed E-state index contributed by atoms with van der Waals surface area (Å²) in [5.74, 6) is 0.447. The van der Waals surface area contributed by atoms with E-state index in [0.29, 0.717) is 5.92 Å². The van der Waals surface area contributed by atoms with Crippen molar-refractivity contribution >= 4 is 15.9 Å². The average molecular weight is 257 g/mol. The molecule has 0 aromatic heterocycles. The summed E-state index contributed by atoms with van der Waals surface area (Å²) in [4.78, 5) is 0. The van der Waals surface area contributed by atoms with E-state index in [2.05, 4.69) is 15.9 Å². The van der Waals surface area contributed by atoms with Gasteiger partial charge in [0.25, 0.3) is 0 Å². The minimum atomic E-state index is -0.117. The number of rotatable bonds is 1. The third-order valence-corrected chi connectivity index (χ3v) is 3.73. The quantitative estimate of drug-likeness (QED) is 0.687. The molecular formula is C12H14BrF. The van der Waals surface area contributed by atoms with Gasteiger partial charge in [0.15, 0.2) is 0 Å². The summed E-state index contributed by atoms with van der Waals surface area (Å²) in [7, 11) is 0. The molecule has 0 radical (unpaired) electrons. The smallest absolute Gasteiger partial charge is 0.123 e. The predicted molar refractivity (Wildman–Crippen MR) is 59.9 cm³/mol. The van der Waals surface area contributed by atoms with Gasteiger partial charge in [0.05, 0.1) is 0 Å². The lowest BCUT2D eigenvalue weighted by Crippen LogP contribution is -2.05. The lowest BCUT2D eigenvalue weighted by atomic mass is 9.84. The summed E-state index contributed by atoms with van der Waals surface area (Å²) in [6.07, 6.45) is 6.33. The molecule has 1 aliphatic carbocycles. The molecule has 2 heteroatoms. The first-order valence-electron chi connectivity index (χ1n) is 5.22. The van der Waals surface area contributed by atoms with Crippen LogP contribution < -0.4 is 0 Å². The Morgan fingerprint density at radius 1 is 1.14 bits per heavy atom. The molecular weight excluding hydrogens is 243 g/mol. The molecule has 1 saturated carbocycles. The topological polar surface area (TPSA) is 0 Å². The molecule has 0 unspecified atom stereocenters. The first-order valence-corrected chi connectivity index (χ1v) is 6.01. The Balaban J connectivity index is 2.24. The first-order chi connectivity index (χ1) is 6.77. The van der Waals surface area contributed by atoms with Crippen molar-refractivity contribution in [2.75, 3.05) is 0 Å². The van der Waals surface area contributed by atoms with E-state index in [4.69, 9.17) is 0 Å². The molecule has 76 valence electrons. The highest BCUT2D eigenvalue weighted by Crippen LogP contribution is 2.36. The van der Waals surface area contributed by atoms with Gasteiger partial charge in [-0.05, 0) is 42.5 Å². The van der Waals surface area contributed by atoms with E-state index in [-0.39, 0.29) is 5.82 Å². The monoisotopic (exact) mass is 256 g/mol. The number of hydrogen-bond donors (Lipinski definition) is 0. The SMILES string of the molecule is Fc1ccc(Br)c(C2CCCCC2)c1. The van der Waals surface area contributed by atoms with Gasteiger partial charge in [-0.3, -0.25) is 0 Å². The summed E-state index contributed by atoms with van der Waals surface area (Å²) in [5.41, 5.74) is 1.16. The molecule has 1 aliphatic rings. The van der Waals surface area contributed by atoms with E-state index in [9.17, 15) is 4.39 Å². The van der Waals surface area contributed by atoms with Crippen molar-refractivity contribution in [3.63, 3.8) is 0 Å². The zero-order valence-electron chi connectivity index (χ0n) is 8.10. The van der Waals surface area contributed by atoms with Gasteiger partial charge in [0, 0.05) is 4.47 Å². The van der Waals surface area contributed by atoms with Gasteiger partial charge in [0.2, 0.25) is 0 Å². The van der Waals surface area contributed by atoms with Crippen molar-refractivity contribution < 1.29 is 4.39 Å². The van der Waals surface area contributed by atoms with E-state index in [1.54, 1.807) is 6.07 Å². The molecule has 0 nitrogen and oxygen atoms in total. The van der Waals surface area contributed by atoms with Crippen LogP contribution in [0.5, 0.6) is 0 Å². The van der Waals surface area contributed by atoms with Gasteiger partial charge in [0.1, 0.15) is 5.82 Å². The third kappa shape index (κ3) is 2.17. The highest BCUT2D eigenvalue weighted by atomic mass is 79.9. The molecule has 1 aromatic rings. The molecule has 1 fully saturated rings. The minimum absolute atomic E-state index is 0.117. The largest absolute Gasteiger partial charge is 0.207 e. The van der Waals surface area contributed by atoms with Crippen LogP contribution in [0.4, 0.5) is 4.39 Å². The molecule has 0 saturated heterocycles. The zero-order chi connectivity index (χ0) is 9.97. The van der Waals surface area contributed by atoms with Crippen molar-refractivity contribution in [2.24, 2.45) is 0 Å². The van der Waals surface area contributed by atoms with Crippen molar-refractivity contribution in [1.82, 2.24) is 0 Å². The van der Waals surface area contributed by atoms with Crippen molar-refractivity contribution in [2.45, 2.75) is 38.0 Å². The Labute approximate surface area is 92.6 Å². The summed E-state index contributed by atoms with van der Waals surface area (Å²) in [6, 6.07) is 5.01. The number of hydrogen-bond acceptors (Lipinski definition) is 0. The van der Waals surface area contributed by atoms with Crippen LogP contribution in [0.2, 0.25) is 0 Å². The maximum atomic E-state index is 13.1. The molecule has 0 heterocycles. The van der Waals surface area contributed by atoms with Gasteiger partial charge >= 0.3 is 0 Å². The second-order valence-electron chi connectivity index (χ2n) is 4.00. The zero-order valence-corrected chi connectivity index (χ0v) is 9.69. The van der Waals surface area contributed by atoms with Gasteiger partial charge in [-0.1, -0.05) is 35.2 Å². The van der Waals surface area contributed by atoms with Crippen LogP contribution in [0, 0.1) is 5.82 Å². The number of benzene rings is 1. The highest BCUT2D eigenvalue weighted by Gasteiger charge is 2.17. The van der Waals surface area contributed by atoms with E-state index in [1.807, 2.05) is 6.07 Å². The minimum Gasteiger partial charge on any atom is -0.207 e. The van der Waals surface area contributed by atoms with Gasteiger partial charge < -0.3 is 0 Å². The molecule has 2 rings (SSSR count). The average Bonchev–Trinajstić information content (AvgIpc) is 2.23. The maximum Gasteiger partial charge on any atom is 0.123 e. The van der Waals surface area contributed by atoms with Crippen molar-refractivity contribution in [1.29, 1.82) is 0 Å². The van der Waals surface area contributed by atoms with Gasteiger partial charge in [-0.25, -0.2) is 4.39 Å². The molecule has 0 spiro atoms. The third-order valence-electron chi connectivity index (χ3n) is 3.00. The lowest BCUT2D eigenvalue weighted by Gasteiger charge is -2.22. The number of halogens is 2. The van der Waals surface area contributed by atoms with Crippen LogP contribution in [0.25, 0.3) is 0 Å². The molecule has 0 amide bonds. The Morgan fingerprint density at radius 3 is 2.57 bits per heavy atom. The van der Waals surface area contributed by atoms with E-state index in [1.165, 1.54) is 38.2 Å². The highest BCUT2D eigenvalue weighted by molar-refractivity contribution is 9.10. The normalized spacial score (nSPS) is 18.4. The van der Waals surface area contributed by atoms with E-state index >= 15 is 0 Å². The summed E-state index contributed by atoms with van der Waals surface area (Å²) < 4.78 is 14.1. The molecule has 14 heavy (non-hydrogen) atoms. The van der Waals surface area contributed by atoms with Crippen LogP contribution in [0.1, 0.15) is 43.6 Å². The Bertz CT molecular complexity index is 316. The fourth-order valence-electron chi connectivity index (χ4n) is 2.24. The predicted octanol–water partition coefficient (Wildman–Crippen LogP) is 4.64. The maximum absolute atomic E-state index is 13.1. The second kappa shape index (κ2) is 4.43. The van der Waals surface area contributed by atoms with Crippen LogP contribution >= 0.6 is 15.9 Å². The molecule has 0 bridgehead atoms. The Hall–Kier alpha value is -0.370. The van der Waals surface area contributed by atoms with Gasteiger partial charge in [-0.15, -0.1) is 0 Å². The Morgan fingerprint density at radius 2 is 1.86 bits per heavy atom. The summed E-state index contributed by atoms with van der Waals surface area (Å²) in [6.45, 7) is 0. The van der Waals surface area contributed by atoms with Crippen LogP contribution in [0.15, 0.2) is 22.7 Å². The lowest BCUT2D eigenvalue weighted by molar-refractivity contribution is 0.441. The summed E-state index contributed by atoms with van der Waals surface area (Å²) >= 11 is 3.50. The van der Waals surface area contributed by atoms with Crippen molar-refractivity contribution in [3.05, 3.63) is 34.1 Å². The van der Waals surface area contributed by atoms with Crippen molar-refractivity contribution in [3.8, 4) is 0 Å². The van der Waals surface area contributed by atoms with Gasteiger partial charge in [-0.2, -0.15) is 0 Å². The Kier molecular flexibility index (Phi) is 3.22. The summed E-state index contributed by atoms with van der Waals surface area (Å²) in [5, 5.41) is 0.